The monoisotopic (exact) mass is 379 g/mol. The highest BCUT2D eigenvalue weighted by atomic mass is 35.5. The van der Waals surface area contributed by atoms with Crippen LogP contribution in [0, 0.1) is 0 Å². The zero-order valence-corrected chi connectivity index (χ0v) is 16.3. The molecular formula is C20H26ClNO4. The Balaban J connectivity index is 2.04. The summed E-state index contributed by atoms with van der Waals surface area (Å²) >= 11 is 6.32. The Kier molecular flexibility index (Phi) is 7.85. The summed E-state index contributed by atoms with van der Waals surface area (Å²) in [5.41, 5.74) is 0.451. The lowest BCUT2D eigenvalue weighted by atomic mass is 10.1. The van der Waals surface area contributed by atoms with E-state index in [0.717, 1.165) is 25.0 Å². The molecule has 1 unspecified atom stereocenters. The van der Waals surface area contributed by atoms with Crippen molar-refractivity contribution in [1.29, 1.82) is 0 Å². The van der Waals surface area contributed by atoms with E-state index in [1.807, 2.05) is 32.9 Å². The molecule has 2 aromatic rings. The summed E-state index contributed by atoms with van der Waals surface area (Å²) < 4.78 is 16.6. The van der Waals surface area contributed by atoms with Gasteiger partial charge in [-0.1, -0.05) is 18.5 Å². The van der Waals surface area contributed by atoms with Crippen molar-refractivity contribution in [1.82, 2.24) is 5.32 Å². The zero-order valence-electron chi connectivity index (χ0n) is 15.5. The first-order chi connectivity index (χ1) is 12.5. The molecule has 0 aliphatic rings. The minimum absolute atomic E-state index is 0.00191. The van der Waals surface area contributed by atoms with Crippen molar-refractivity contribution in [3.8, 4) is 11.5 Å². The normalized spacial score (nSPS) is 11.8. The summed E-state index contributed by atoms with van der Waals surface area (Å²) in [6.07, 6.45) is 4.06. The zero-order chi connectivity index (χ0) is 18.9. The van der Waals surface area contributed by atoms with Crippen LogP contribution in [0.15, 0.2) is 34.9 Å². The number of aryl methyl sites for hydroxylation is 1. The molecule has 2 rings (SSSR count). The van der Waals surface area contributed by atoms with Gasteiger partial charge in [-0.2, -0.15) is 0 Å². The van der Waals surface area contributed by atoms with E-state index >= 15 is 0 Å². The average molecular weight is 380 g/mol. The highest BCUT2D eigenvalue weighted by molar-refractivity contribution is 6.32. The molecule has 0 aliphatic carbocycles. The van der Waals surface area contributed by atoms with Crippen LogP contribution in [0.4, 0.5) is 0 Å². The number of rotatable bonds is 10. The first-order valence-electron chi connectivity index (χ1n) is 8.97. The number of ether oxygens (including phenoxy) is 2. The second-order valence-corrected chi connectivity index (χ2v) is 6.47. The lowest BCUT2D eigenvalue weighted by Gasteiger charge is -2.17. The van der Waals surface area contributed by atoms with Gasteiger partial charge in [0.2, 0.25) is 0 Å². The van der Waals surface area contributed by atoms with E-state index < -0.39 is 0 Å². The molecule has 142 valence electrons. The molecule has 1 N–H and O–H groups in total. The molecule has 5 nitrogen and oxygen atoms in total. The molecule has 1 amide bonds. The molecule has 1 heterocycles. The van der Waals surface area contributed by atoms with Gasteiger partial charge in [0.25, 0.3) is 5.91 Å². The van der Waals surface area contributed by atoms with Crippen LogP contribution in [-0.4, -0.2) is 25.2 Å². The molecule has 0 radical (unpaired) electrons. The predicted octanol–water partition coefficient (Wildman–Crippen LogP) is 4.87. The summed E-state index contributed by atoms with van der Waals surface area (Å²) in [7, 11) is 0. The van der Waals surface area contributed by atoms with Gasteiger partial charge in [0.1, 0.15) is 5.76 Å². The van der Waals surface area contributed by atoms with Gasteiger partial charge in [0.15, 0.2) is 11.5 Å². The number of benzene rings is 1. The Morgan fingerprint density at radius 1 is 1.31 bits per heavy atom. The number of nitrogens with one attached hydrogen (secondary N) is 1. The van der Waals surface area contributed by atoms with Gasteiger partial charge >= 0.3 is 0 Å². The minimum Gasteiger partial charge on any atom is -0.490 e. The molecule has 0 aliphatic heterocycles. The molecule has 0 saturated heterocycles. The van der Waals surface area contributed by atoms with E-state index in [1.165, 1.54) is 0 Å². The lowest BCUT2D eigenvalue weighted by molar-refractivity contribution is 0.0937. The number of furan rings is 1. The van der Waals surface area contributed by atoms with Crippen molar-refractivity contribution in [2.24, 2.45) is 0 Å². The van der Waals surface area contributed by atoms with Crippen LogP contribution in [0.5, 0.6) is 11.5 Å². The Morgan fingerprint density at radius 3 is 2.77 bits per heavy atom. The molecule has 0 saturated carbocycles. The van der Waals surface area contributed by atoms with Crippen LogP contribution in [0.3, 0.4) is 0 Å². The topological polar surface area (TPSA) is 60.7 Å². The van der Waals surface area contributed by atoms with E-state index in [1.54, 1.807) is 18.4 Å². The molecule has 1 aromatic carbocycles. The molecule has 6 heteroatoms. The van der Waals surface area contributed by atoms with Crippen molar-refractivity contribution in [2.75, 3.05) is 13.2 Å². The second-order valence-electron chi connectivity index (χ2n) is 6.06. The predicted molar refractivity (Wildman–Crippen MR) is 102 cm³/mol. The lowest BCUT2D eigenvalue weighted by Crippen LogP contribution is -2.32. The Labute approximate surface area is 159 Å². The molecular weight excluding hydrogens is 354 g/mol. The maximum atomic E-state index is 12.6. The molecule has 1 aromatic heterocycles. The molecule has 0 fully saturated rings. The van der Waals surface area contributed by atoms with Gasteiger partial charge < -0.3 is 19.2 Å². The van der Waals surface area contributed by atoms with Gasteiger partial charge in [0, 0.05) is 18.0 Å². The summed E-state index contributed by atoms with van der Waals surface area (Å²) in [6, 6.07) is 7.08. The van der Waals surface area contributed by atoms with E-state index in [9.17, 15) is 4.79 Å². The maximum absolute atomic E-state index is 12.6. The van der Waals surface area contributed by atoms with E-state index in [0.29, 0.717) is 35.3 Å². The van der Waals surface area contributed by atoms with Gasteiger partial charge in [-0.25, -0.2) is 0 Å². The first kappa shape index (κ1) is 20.2. The molecule has 0 bridgehead atoms. The number of carbonyl (C=O) groups is 1. The number of carbonyl (C=O) groups excluding carboxylic acids is 1. The molecule has 1 atom stereocenters. The van der Waals surface area contributed by atoms with Crippen LogP contribution >= 0.6 is 11.6 Å². The average Bonchev–Trinajstić information content (AvgIpc) is 3.13. The Morgan fingerprint density at radius 2 is 2.12 bits per heavy atom. The molecule has 0 spiro atoms. The number of halogens is 1. The smallest absolute Gasteiger partial charge is 0.251 e. The highest BCUT2D eigenvalue weighted by Crippen LogP contribution is 2.36. The summed E-state index contributed by atoms with van der Waals surface area (Å²) in [5.74, 6) is 1.69. The Hall–Kier alpha value is -2.14. The van der Waals surface area contributed by atoms with Gasteiger partial charge in [-0.05, 0) is 51.0 Å². The number of hydrogen-bond acceptors (Lipinski definition) is 4. The van der Waals surface area contributed by atoms with Crippen LogP contribution in [-0.2, 0) is 6.42 Å². The van der Waals surface area contributed by atoms with E-state index in [-0.39, 0.29) is 11.9 Å². The van der Waals surface area contributed by atoms with Crippen molar-refractivity contribution in [3.05, 3.63) is 46.9 Å². The van der Waals surface area contributed by atoms with E-state index in [2.05, 4.69) is 5.32 Å². The third kappa shape index (κ3) is 5.70. The third-order valence-electron chi connectivity index (χ3n) is 3.80. The largest absolute Gasteiger partial charge is 0.490 e. The first-order valence-corrected chi connectivity index (χ1v) is 9.35. The standard InChI is InChI=1S/C20H26ClNO4/c1-4-10-26-19-17(21)12-15(13-18(19)24-5-2)20(23)22-14(3)8-9-16-7-6-11-25-16/h6-7,11-14H,4-5,8-10H2,1-3H3,(H,22,23). The van der Waals surface area contributed by atoms with Crippen molar-refractivity contribution in [3.63, 3.8) is 0 Å². The van der Waals surface area contributed by atoms with Crippen molar-refractivity contribution in [2.45, 2.75) is 46.1 Å². The van der Waals surface area contributed by atoms with Gasteiger partial charge in [0.05, 0.1) is 24.5 Å². The molecule has 26 heavy (non-hydrogen) atoms. The fraction of sp³-hybridized carbons (Fsp3) is 0.450. The SMILES string of the molecule is CCCOc1c(Cl)cc(C(=O)NC(C)CCc2ccco2)cc1OCC. The quantitative estimate of drug-likeness (QED) is 0.639. The second kappa shape index (κ2) is 10.1. The van der Waals surface area contributed by atoms with Crippen LogP contribution in [0.2, 0.25) is 5.02 Å². The van der Waals surface area contributed by atoms with Crippen LogP contribution < -0.4 is 14.8 Å². The van der Waals surface area contributed by atoms with Crippen molar-refractivity contribution < 1.29 is 18.7 Å². The maximum Gasteiger partial charge on any atom is 0.251 e. The fourth-order valence-electron chi connectivity index (χ4n) is 2.50. The number of hydrogen-bond donors (Lipinski definition) is 1. The highest BCUT2D eigenvalue weighted by Gasteiger charge is 2.17. The minimum atomic E-state index is -0.193. The van der Waals surface area contributed by atoms with Gasteiger partial charge in [-0.3, -0.25) is 4.79 Å². The summed E-state index contributed by atoms with van der Waals surface area (Å²) in [5, 5.41) is 3.36. The fourth-order valence-corrected chi connectivity index (χ4v) is 2.76. The third-order valence-corrected chi connectivity index (χ3v) is 4.08. The van der Waals surface area contributed by atoms with Crippen molar-refractivity contribution >= 4 is 17.5 Å². The van der Waals surface area contributed by atoms with E-state index in [4.69, 9.17) is 25.5 Å². The summed E-state index contributed by atoms with van der Waals surface area (Å²) in [4.78, 5) is 12.6. The number of amides is 1. The van der Waals surface area contributed by atoms with Crippen LogP contribution in [0.1, 0.15) is 49.7 Å². The Bertz CT molecular complexity index is 700. The van der Waals surface area contributed by atoms with Gasteiger partial charge in [-0.15, -0.1) is 0 Å². The summed E-state index contributed by atoms with van der Waals surface area (Å²) in [6.45, 7) is 6.85. The van der Waals surface area contributed by atoms with Crippen LogP contribution in [0.25, 0.3) is 0 Å².